The van der Waals surface area contributed by atoms with Crippen LogP contribution in [0.5, 0.6) is 0 Å². The molecule has 178 valence electrons. The van der Waals surface area contributed by atoms with Gasteiger partial charge >= 0.3 is 0 Å². The fraction of sp³-hybridized carbons (Fsp3) is 0.222. The van der Waals surface area contributed by atoms with Gasteiger partial charge in [0.05, 0.1) is 5.69 Å². The van der Waals surface area contributed by atoms with Crippen LogP contribution in [0.4, 0.5) is 16.0 Å². The molecule has 0 unspecified atom stereocenters. The Labute approximate surface area is 213 Å². The van der Waals surface area contributed by atoms with Crippen LogP contribution in [0, 0.1) is 5.82 Å². The molecule has 8 heteroatoms. The molecular formula is C27H26FN5S2. The second-order valence-corrected chi connectivity index (χ2v) is 10.3. The molecule has 0 spiro atoms. The van der Waals surface area contributed by atoms with Gasteiger partial charge < -0.3 is 10.0 Å². The minimum absolute atomic E-state index is 0.279. The lowest BCUT2D eigenvalue weighted by atomic mass is 9.96. The predicted molar refractivity (Wildman–Crippen MR) is 142 cm³/mol. The second kappa shape index (κ2) is 11.6. The van der Waals surface area contributed by atoms with Crippen molar-refractivity contribution >= 4 is 35.3 Å². The zero-order chi connectivity index (χ0) is 23.9. The van der Waals surface area contributed by atoms with E-state index in [0.29, 0.717) is 22.6 Å². The molecule has 0 bridgehead atoms. The summed E-state index contributed by atoms with van der Waals surface area (Å²) in [5, 5.41) is 3.48. The number of anilines is 2. The van der Waals surface area contributed by atoms with E-state index in [1.54, 1.807) is 24.7 Å². The molecule has 2 aromatic heterocycles. The van der Waals surface area contributed by atoms with Crippen molar-refractivity contribution in [2.45, 2.75) is 52.8 Å². The third kappa shape index (κ3) is 6.32. The van der Waals surface area contributed by atoms with Gasteiger partial charge in [0.2, 0.25) is 5.95 Å². The third-order valence-electron chi connectivity index (χ3n) is 5.83. The lowest BCUT2D eigenvalue weighted by Crippen LogP contribution is -2.23. The minimum Gasteiger partial charge on any atom is -0.351 e. The van der Waals surface area contributed by atoms with E-state index in [1.165, 1.54) is 49.0 Å². The first-order chi connectivity index (χ1) is 17.2. The Hall–Kier alpha value is -3.10. The number of halogens is 1. The number of hydrogen-bond acceptors (Lipinski definition) is 7. The van der Waals surface area contributed by atoms with Crippen LogP contribution in [0.3, 0.4) is 0 Å². The van der Waals surface area contributed by atoms with Gasteiger partial charge in [-0.3, -0.25) is 4.98 Å². The fourth-order valence-corrected chi connectivity index (χ4v) is 5.62. The van der Waals surface area contributed by atoms with Gasteiger partial charge in [-0.15, -0.1) is 0 Å². The summed E-state index contributed by atoms with van der Waals surface area (Å²) in [5.41, 5.74) is 2.34. The summed E-state index contributed by atoms with van der Waals surface area (Å²) >= 11 is 2.82. The van der Waals surface area contributed by atoms with Crippen LogP contribution in [0.25, 0.3) is 11.3 Å². The summed E-state index contributed by atoms with van der Waals surface area (Å²) in [6.45, 7) is 0. The summed E-state index contributed by atoms with van der Waals surface area (Å²) in [4.78, 5) is 16.0. The van der Waals surface area contributed by atoms with E-state index in [-0.39, 0.29) is 5.82 Å². The minimum atomic E-state index is -0.279. The quantitative estimate of drug-likeness (QED) is 0.239. The Balaban J connectivity index is 1.31. The summed E-state index contributed by atoms with van der Waals surface area (Å²) in [7, 11) is 0. The number of benzene rings is 2. The molecule has 4 aromatic rings. The molecule has 35 heavy (non-hydrogen) atoms. The molecule has 1 saturated carbocycles. The molecule has 0 radical (unpaired) electrons. The topological polar surface area (TPSA) is 62.7 Å². The van der Waals surface area contributed by atoms with Crippen molar-refractivity contribution in [1.29, 1.82) is 0 Å². The molecule has 1 fully saturated rings. The molecule has 5 rings (SSSR count). The molecular weight excluding hydrogens is 477 g/mol. The van der Waals surface area contributed by atoms with Gasteiger partial charge in [0, 0.05) is 50.6 Å². The zero-order valence-electron chi connectivity index (χ0n) is 19.2. The molecule has 1 aliphatic rings. The first kappa shape index (κ1) is 23.6. The van der Waals surface area contributed by atoms with E-state index < -0.39 is 0 Å². The second-order valence-electron chi connectivity index (χ2n) is 8.38. The lowest BCUT2D eigenvalue weighted by Gasteiger charge is -2.22. The maximum atomic E-state index is 15.0. The average molecular weight is 504 g/mol. The van der Waals surface area contributed by atoms with Gasteiger partial charge in [-0.2, -0.15) is 0 Å². The van der Waals surface area contributed by atoms with Gasteiger partial charge in [-0.25, -0.2) is 14.4 Å². The molecule has 0 saturated heterocycles. The van der Waals surface area contributed by atoms with E-state index >= 15 is 0 Å². The summed E-state index contributed by atoms with van der Waals surface area (Å²) in [6, 6.07) is 19.3. The molecule has 5 nitrogen and oxygen atoms in total. The Morgan fingerprint density at radius 3 is 2.57 bits per heavy atom. The Morgan fingerprint density at radius 1 is 0.886 bits per heavy atom. The monoisotopic (exact) mass is 503 g/mol. The van der Waals surface area contributed by atoms with Gasteiger partial charge in [0.1, 0.15) is 5.82 Å². The van der Waals surface area contributed by atoms with Crippen LogP contribution >= 0.6 is 23.7 Å². The van der Waals surface area contributed by atoms with E-state index in [9.17, 15) is 4.39 Å². The zero-order valence-corrected chi connectivity index (χ0v) is 20.8. The van der Waals surface area contributed by atoms with Crippen molar-refractivity contribution in [2.24, 2.45) is 0 Å². The molecule has 2 aromatic carbocycles. The average Bonchev–Trinajstić information content (AvgIpc) is 2.90. The van der Waals surface area contributed by atoms with Crippen molar-refractivity contribution in [2.75, 3.05) is 10.0 Å². The first-order valence-electron chi connectivity index (χ1n) is 11.7. The number of rotatable bonds is 8. The van der Waals surface area contributed by atoms with Crippen molar-refractivity contribution in [3.8, 4) is 11.3 Å². The number of nitrogens with zero attached hydrogens (tertiary/aromatic N) is 3. The van der Waals surface area contributed by atoms with Crippen LogP contribution in [-0.2, 0) is 0 Å². The van der Waals surface area contributed by atoms with Crippen LogP contribution in [0.1, 0.15) is 32.1 Å². The van der Waals surface area contributed by atoms with E-state index in [4.69, 9.17) is 4.98 Å². The van der Waals surface area contributed by atoms with Crippen molar-refractivity contribution in [3.05, 3.63) is 85.1 Å². The van der Waals surface area contributed by atoms with Crippen LogP contribution in [-0.4, -0.2) is 21.0 Å². The molecule has 2 heterocycles. The smallest absolute Gasteiger partial charge is 0.223 e. The highest BCUT2D eigenvalue weighted by atomic mass is 32.2. The van der Waals surface area contributed by atoms with Crippen molar-refractivity contribution < 1.29 is 4.39 Å². The fourth-order valence-electron chi connectivity index (χ4n) is 4.04. The molecule has 0 aliphatic heterocycles. The van der Waals surface area contributed by atoms with Gasteiger partial charge in [0.15, 0.2) is 0 Å². The summed E-state index contributed by atoms with van der Waals surface area (Å²) in [6.07, 6.45) is 11.3. The lowest BCUT2D eigenvalue weighted by molar-refractivity contribution is 0.461. The summed E-state index contributed by atoms with van der Waals surface area (Å²) in [5.74, 6) is 0.352. The van der Waals surface area contributed by atoms with Crippen LogP contribution in [0.15, 0.2) is 93.9 Å². The molecule has 0 atom stereocenters. The van der Waals surface area contributed by atoms with Crippen LogP contribution < -0.4 is 10.0 Å². The maximum absolute atomic E-state index is 15.0. The summed E-state index contributed by atoms with van der Waals surface area (Å²) < 4.78 is 18.2. The number of nitrogens with one attached hydrogen (secondary N) is 2. The van der Waals surface area contributed by atoms with Crippen LogP contribution in [0.2, 0.25) is 0 Å². The van der Waals surface area contributed by atoms with Gasteiger partial charge in [-0.1, -0.05) is 49.2 Å². The highest BCUT2D eigenvalue weighted by molar-refractivity contribution is 8.00. The Morgan fingerprint density at radius 2 is 1.74 bits per heavy atom. The highest BCUT2D eigenvalue weighted by Gasteiger charge is 2.16. The largest absolute Gasteiger partial charge is 0.351 e. The van der Waals surface area contributed by atoms with E-state index in [0.717, 1.165) is 33.9 Å². The SMILES string of the molecule is Fc1cc(NSc2ccccc2)ccc1Sc1ccncc1-c1ccnc(NC2CCCCC2)n1. The standard InChI is InChI=1S/C27H26FN5S2/c28-23-17-20(33-35-21-9-5-2-6-10-21)11-12-26(23)34-25-14-15-29-18-22(25)24-13-16-30-27(32-24)31-19-7-3-1-4-8-19/h2,5-6,9-19,33H,1,3-4,7-8H2,(H,30,31,32). The molecule has 0 amide bonds. The predicted octanol–water partition coefficient (Wildman–Crippen LogP) is 7.69. The number of aromatic nitrogens is 3. The Bertz CT molecular complexity index is 1270. The molecule has 1 aliphatic carbocycles. The molecule has 2 N–H and O–H groups in total. The number of pyridine rings is 1. The van der Waals surface area contributed by atoms with E-state index in [2.05, 4.69) is 20.0 Å². The van der Waals surface area contributed by atoms with E-state index in [1.807, 2.05) is 48.5 Å². The highest BCUT2D eigenvalue weighted by Crippen LogP contribution is 2.37. The van der Waals surface area contributed by atoms with Gasteiger partial charge in [-0.05, 0) is 67.3 Å². The maximum Gasteiger partial charge on any atom is 0.223 e. The third-order valence-corrected chi connectivity index (χ3v) is 7.81. The van der Waals surface area contributed by atoms with Crippen molar-refractivity contribution in [1.82, 2.24) is 15.0 Å². The normalized spacial score (nSPS) is 14.0. The number of hydrogen-bond donors (Lipinski definition) is 2. The first-order valence-corrected chi connectivity index (χ1v) is 13.4. The van der Waals surface area contributed by atoms with Crippen molar-refractivity contribution in [3.63, 3.8) is 0 Å². The van der Waals surface area contributed by atoms with Gasteiger partial charge in [0.25, 0.3) is 0 Å². The Kier molecular flexibility index (Phi) is 7.80.